The smallest absolute Gasteiger partial charge is 0.256 e. The molecule has 0 atom stereocenters. The molecule has 0 spiro atoms. The summed E-state index contributed by atoms with van der Waals surface area (Å²) in [5.74, 6) is -0.172. The van der Waals surface area contributed by atoms with Crippen molar-refractivity contribution >= 4 is 78.7 Å². The molecular weight excluding hydrogens is 459 g/mol. The van der Waals surface area contributed by atoms with Crippen molar-refractivity contribution in [2.24, 2.45) is 5.73 Å². The summed E-state index contributed by atoms with van der Waals surface area (Å²) in [6, 6.07) is 7.22. The van der Waals surface area contributed by atoms with Gasteiger partial charge < -0.3 is 11.1 Å². The van der Waals surface area contributed by atoms with Gasteiger partial charge in [0.2, 0.25) is 0 Å². The van der Waals surface area contributed by atoms with Crippen LogP contribution in [0.2, 0.25) is 0 Å². The molecule has 2 rings (SSSR count). The normalized spacial score (nSPS) is 10.2. The Morgan fingerprint density at radius 1 is 1.42 bits per heavy atom. The zero-order chi connectivity index (χ0) is 14.0. The van der Waals surface area contributed by atoms with Crippen LogP contribution in [0.5, 0.6) is 0 Å². The van der Waals surface area contributed by atoms with Crippen LogP contribution in [0, 0.1) is 2.88 Å². The molecular formula is C12H8BrIN2OS2. The first-order valence-electron chi connectivity index (χ1n) is 5.12. The average molecular weight is 467 g/mol. The van der Waals surface area contributed by atoms with Crippen molar-refractivity contribution in [2.45, 2.75) is 0 Å². The van der Waals surface area contributed by atoms with Gasteiger partial charge in [-0.1, -0.05) is 28.1 Å². The Labute approximate surface area is 141 Å². The van der Waals surface area contributed by atoms with E-state index in [9.17, 15) is 4.79 Å². The molecule has 1 amide bonds. The summed E-state index contributed by atoms with van der Waals surface area (Å²) >= 11 is 12.0. The SMILES string of the molecule is NC(=S)c1ccc(Br)cc1NC(=O)c1csc(I)c1. The lowest BCUT2D eigenvalue weighted by atomic mass is 10.1. The maximum absolute atomic E-state index is 12.1. The first-order chi connectivity index (χ1) is 8.97. The first kappa shape index (κ1) is 14.9. The van der Waals surface area contributed by atoms with E-state index in [1.165, 1.54) is 11.3 Å². The predicted octanol–water partition coefficient (Wildman–Crippen LogP) is 4.00. The van der Waals surface area contributed by atoms with Gasteiger partial charge in [0.25, 0.3) is 5.91 Å². The van der Waals surface area contributed by atoms with Gasteiger partial charge in [0.05, 0.1) is 14.1 Å². The molecule has 2 aromatic rings. The van der Waals surface area contributed by atoms with Crippen LogP contribution in [-0.2, 0) is 0 Å². The lowest BCUT2D eigenvalue weighted by molar-refractivity contribution is 0.102. The number of rotatable bonds is 3. The van der Waals surface area contributed by atoms with E-state index in [0.29, 0.717) is 16.8 Å². The van der Waals surface area contributed by atoms with Crippen molar-refractivity contribution in [2.75, 3.05) is 5.32 Å². The minimum atomic E-state index is -0.172. The third-order valence-electron chi connectivity index (χ3n) is 2.32. The Morgan fingerprint density at radius 3 is 2.74 bits per heavy atom. The summed E-state index contributed by atoms with van der Waals surface area (Å²) in [5.41, 5.74) is 7.53. The summed E-state index contributed by atoms with van der Waals surface area (Å²) in [4.78, 5) is 12.4. The molecule has 0 fully saturated rings. The molecule has 1 aromatic heterocycles. The average Bonchev–Trinajstić information content (AvgIpc) is 2.75. The zero-order valence-electron chi connectivity index (χ0n) is 9.44. The van der Waals surface area contributed by atoms with Crippen LogP contribution in [0.25, 0.3) is 0 Å². The van der Waals surface area contributed by atoms with Gasteiger partial charge in [-0.25, -0.2) is 0 Å². The van der Waals surface area contributed by atoms with Crippen molar-refractivity contribution in [3.05, 3.63) is 48.1 Å². The minimum absolute atomic E-state index is 0.172. The second kappa shape index (κ2) is 6.29. The van der Waals surface area contributed by atoms with Crippen LogP contribution in [0.3, 0.4) is 0 Å². The Bertz CT molecular complexity index is 657. The Balaban J connectivity index is 2.30. The van der Waals surface area contributed by atoms with Gasteiger partial charge in [0.15, 0.2) is 0 Å². The van der Waals surface area contributed by atoms with Crippen LogP contribution >= 0.6 is 62.1 Å². The molecule has 0 aliphatic carbocycles. The monoisotopic (exact) mass is 466 g/mol. The summed E-state index contributed by atoms with van der Waals surface area (Å²) in [7, 11) is 0. The van der Waals surface area contributed by atoms with E-state index in [-0.39, 0.29) is 10.9 Å². The van der Waals surface area contributed by atoms with Crippen LogP contribution in [0.4, 0.5) is 5.69 Å². The number of hydrogen-bond acceptors (Lipinski definition) is 3. The molecule has 0 radical (unpaired) electrons. The highest BCUT2D eigenvalue weighted by Gasteiger charge is 2.12. The van der Waals surface area contributed by atoms with Gasteiger partial charge in [-0.05, 0) is 46.9 Å². The lowest BCUT2D eigenvalue weighted by Crippen LogP contribution is -2.17. The van der Waals surface area contributed by atoms with Gasteiger partial charge >= 0.3 is 0 Å². The predicted molar refractivity (Wildman–Crippen MR) is 95.0 cm³/mol. The highest BCUT2D eigenvalue weighted by atomic mass is 127. The molecule has 0 bridgehead atoms. The number of carbonyl (C=O) groups excluding carboxylic acids is 1. The number of benzene rings is 1. The number of amides is 1. The van der Waals surface area contributed by atoms with Crippen molar-refractivity contribution in [1.29, 1.82) is 0 Å². The van der Waals surface area contributed by atoms with Gasteiger partial charge in [0.1, 0.15) is 4.99 Å². The number of anilines is 1. The van der Waals surface area contributed by atoms with Crippen LogP contribution in [0.1, 0.15) is 15.9 Å². The largest absolute Gasteiger partial charge is 0.389 e. The van der Waals surface area contributed by atoms with E-state index < -0.39 is 0 Å². The number of carbonyl (C=O) groups is 1. The number of thiocarbonyl (C=S) groups is 1. The summed E-state index contributed by atoms with van der Waals surface area (Å²) in [6.07, 6.45) is 0. The number of thiophene rings is 1. The lowest BCUT2D eigenvalue weighted by Gasteiger charge is -2.10. The third-order valence-corrected chi connectivity index (χ3v) is 4.83. The molecule has 19 heavy (non-hydrogen) atoms. The second-order valence-electron chi connectivity index (χ2n) is 3.65. The summed E-state index contributed by atoms with van der Waals surface area (Å²) in [6.45, 7) is 0. The molecule has 0 aliphatic heterocycles. The minimum Gasteiger partial charge on any atom is -0.389 e. The van der Waals surface area contributed by atoms with Crippen molar-refractivity contribution < 1.29 is 4.79 Å². The molecule has 3 nitrogen and oxygen atoms in total. The van der Waals surface area contributed by atoms with Crippen molar-refractivity contribution in [3.8, 4) is 0 Å². The number of nitrogens with two attached hydrogens (primary N) is 1. The number of hydrogen-bond donors (Lipinski definition) is 2. The standard InChI is InChI=1S/C12H8BrIN2OS2/c13-7-1-2-8(11(15)18)9(4-7)16-12(17)6-3-10(14)19-5-6/h1-5H,(H2,15,18)(H,16,17). The topological polar surface area (TPSA) is 55.1 Å². The third kappa shape index (κ3) is 3.74. The van der Waals surface area contributed by atoms with Gasteiger partial charge in [-0.2, -0.15) is 0 Å². The van der Waals surface area contributed by atoms with Crippen LogP contribution in [0.15, 0.2) is 34.1 Å². The number of nitrogens with one attached hydrogen (secondary N) is 1. The molecule has 1 heterocycles. The van der Waals surface area contributed by atoms with Crippen LogP contribution in [-0.4, -0.2) is 10.9 Å². The summed E-state index contributed by atoms with van der Waals surface area (Å²) in [5, 5.41) is 4.64. The van der Waals surface area contributed by atoms with E-state index in [1.54, 1.807) is 12.1 Å². The maximum Gasteiger partial charge on any atom is 0.256 e. The highest BCUT2D eigenvalue weighted by molar-refractivity contribution is 14.1. The molecule has 0 saturated carbocycles. The van der Waals surface area contributed by atoms with Gasteiger partial charge in [-0.15, -0.1) is 11.3 Å². The highest BCUT2D eigenvalue weighted by Crippen LogP contribution is 2.23. The van der Waals surface area contributed by atoms with Crippen molar-refractivity contribution in [3.63, 3.8) is 0 Å². The van der Waals surface area contributed by atoms with E-state index in [0.717, 1.165) is 7.36 Å². The zero-order valence-corrected chi connectivity index (χ0v) is 14.8. The Morgan fingerprint density at radius 2 is 2.16 bits per heavy atom. The van der Waals surface area contributed by atoms with Gasteiger partial charge in [0, 0.05) is 15.4 Å². The molecule has 3 N–H and O–H groups in total. The molecule has 0 unspecified atom stereocenters. The Hall–Kier alpha value is -0.510. The number of halogens is 2. The molecule has 0 aliphatic rings. The van der Waals surface area contributed by atoms with E-state index >= 15 is 0 Å². The fourth-order valence-corrected chi connectivity index (χ4v) is 3.32. The quantitative estimate of drug-likeness (QED) is 0.531. The molecule has 0 saturated heterocycles. The van der Waals surface area contributed by atoms with E-state index in [4.69, 9.17) is 18.0 Å². The Kier molecular flexibility index (Phi) is 4.93. The fraction of sp³-hybridized carbons (Fsp3) is 0. The molecule has 1 aromatic carbocycles. The van der Waals surface area contributed by atoms with E-state index in [1.807, 2.05) is 17.5 Å². The van der Waals surface area contributed by atoms with E-state index in [2.05, 4.69) is 43.8 Å². The fourth-order valence-electron chi connectivity index (χ4n) is 1.46. The molecule has 7 heteroatoms. The van der Waals surface area contributed by atoms with Gasteiger partial charge in [-0.3, -0.25) is 4.79 Å². The molecule has 98 valence electrons. The van der Waals surface area contributed by atoms with Crippen LogP contribution < -0.4 is 11.1 Å². The maximum atomic E-state index is 12.1. The first-order valence-corrected chi connectivity index (χ1v) is 8.28. The second-order valence-corrected chi connectivity index (χ2v) is 7.81. The summed E-state index contributed by atoms with van der Waals surface area (Å²) < 4.78 is 1.91. The van der Waals surface area contributed by atoms with Crippen molar-refractivity contribution in [1.82, 2.24) is 0 Å².